The minimum Gasteiger partial charge on any atom is -0.480 e. The lowest BCUT2D eigenvalue weighted by atomic mass is 9.91. The predicted molar refractivity (Wildman–Crippen MR) is 85.5 cm³/mol. The van der Waals surface area contributed by atoms with Gasteiger partial charge in [0, 0.05) is 6.04 Å². The van der Waals surface area contributed by atoms with Crippen molar-refractivity contribution in [1.29, 1.82) is 0 Å². The first-order valence-corrected chi connectivity index (χ1v) is 8.77. The van der Waals surface area contributed by atoms with Crippen molar-refractivity contribution in [3.8, 4) is 0 Å². The van der Waals surface area contributed by atoms with Crippen LogP contribution in [-0.4, -0.2) is 47.2 Å². The van der Waals surface area contributed by atoms with Gasteiger partial charge >= 0.3 is 5.97 Å². The summed E-state index contributed by atoms with van der Waals surface area (Å²) in [6.45, 7) is 7.57. The van der Waals surface area contributed by atoms with Crippen molar-refractivity contribution in [2.75, 3.05) is 19.6 Å². The maximum Gasteiger partial charge on any atom is 0.323 e. The van der Waals surface area contributed by atoms with E-state index >= 15 is 0 Å². The van der Waals surface area contributed by atoms with Gasteiger partial charge in [-0.3, -0.25) is 10.1 Å². The smallest absolute Gasteiger partial charge is 0.323 e. The summed E-state index contributed by atoms with van der Waals surface area (Å²) in [6, 6.07) is 0.441. The van der Waals surface area contributed by atoms with Gasteiger partial charge in [0.15, 0.2) is 0 Å². The Balaban J connectivity index is 1.67. The summed E-state index contributed by atoms with van der Waals surface area (Å²) < 4.78 is 0. The zero-order valence-corrected chi connectivity index (χ0v) is 13.7. The summed E-state index contributed by atoms with van der Waals surface area (Å²) in [4.78, 5) is 14.0. The monoisotopic (exact) mass is 296 g/mol. The number of aliphatic carboxylic acids is 1. The number of nitrogens with one attached hydrogen (secondary N) is 1. The van der Waals surface area contributed by atoms with Crippen LogP contribution in [0.25, 0.3) is 0 Å². The van der Waals surface area contributed by atoms with Crippen LogP contribution in [0.3, 0.4) is 0 Å². The van der Waals surface area contributed by atoms with Gasteiger partial charge in [0.05, 0.1) is 0 Å². The third-order valence-electron chi connectivity index (χ3n) is 5.13. The van der Waals surface area contributed by atoms with Crippen LogP contribution in [0.2, 0.25) is 0 Å². The summed E-state index contributed by atoms with van der Waals surface area (Å²) >= 11 is 0. The second-order valence-corrected chi connectivity index (χ2v) is 7.23. The molecule has 2 aliphatic rings. The number of carbonyl (C=O) groups is 1. The van der Waals surface area contributed by atoms with E-state index in [1.807, 2.05) is 6.92 Å². The number of nitrogens with zero attached hydrogens (tertiary/aromatic N) is 1. The van der Waals surface area contributed by atoms with Gasteiger partial charge in [-0.25, -0.2) is 0 Å². The first-order valence-electron chi connectivity index (χ1n) is 8.77. The second-order valence-electron chi connectivity index (χ2n) is 7.23. The molecule has 1 heterocycles. The molecule has 4 heteroatoms. The van der Waals surface area contributed by atoms with Gasteiger partial charge in [-0.2, -0.15) is 0 Å². The fraction of sp³-hybridized carbons (Fsp3) is 0.941. The van der Waals surface area contributed by atoms with Gasteiger partial charge in [-0.15, -0.1) is 0 Å². The van der Waals surface area contributed by atoms with Crippen LogP contribution in [0.15, 0.2) is 0 Å². The second kappa shape index (κ2) is 7.59. The molecule has 0 aromatic rings. The van der Waals surface area contributed by atoms with Crippen molar-refractivity contribution in [2.24, 2.45) is 5.92 Å². The third kappa shape index (κ3) is 5.26. The Hall–Kier alpha value is -0.610. The maximum absolute atomic E-state index is 11.5. The topological polar surface area (TPSA) is 52.6 Å². The van der Waals surface area contributed by atoms with Gasteiger partial charge in [0.2, 0.25) is 0 Å². The molecule has 122 valence electrons. The van der Waals surface area contributed by atoms with Gasteiger partial charge in [-0.1, -0.05) is 19.8 Å². The fourth-order valence-corrected chi connectivity index (χ4v) is 3.48. The van der Waals surface area contributed by atoms with Crippen molar-refractivity contribution < 1.29 is 9.90 Å². The highest BCUT2D eigenvalue weighted by Crippen LogP contribution is 2.26. The number of hydrogen-bond donors (Lipinski definition) is 2. The first kappa shape index (κ1) is 16.8. The molecule has 0 aromatic heterocycles. The highest BCUT2D eigenvalue weighted by atomic mass is 16.4. The van der Waals surface area contributed by atoms with Crippen LogP contribution in [-0.2, 0) is 4.79 Å². The minimum atomic E-state index is -0.734. The number of likely N-dealkylation sites (tertiary alicyclic amines) is 1. The number of carboxylic acids is 1. The number of rotatable bonds is 9. The molecule has 2 N–H and O–H groups in total. The maximum atomic E-state index is 11.5. The van der Waals surface area contributed by atoms with Crippen LogP contribution < -0.4 is 5.32 Å². The lowest BCUT2D eigenvalue weighted by molar-refractivity contribution is -0.144. The molecular weight excluding hydrogens is 264 g/mol. The molecule has 4 nitrogen and oxygen atoms in total. The van der Waals surface area contributed by atoms with Crippen LogP contribution in [0, 0.1) is 5.92 Å². The van der Waals surface area contributed by atoms with Crippen LogP contribution >= 0.6 is 0 Å². The van der Waals surface area contributed by atoms with E-state index in [-0.39, 0.29) is 0 Å². The molecule has 1 atom stereocenters. The van der Waals surface area contributed by atoms with Crippen molar-refractivity contribution in [3.63, 3.8) is 0 Å². The molecule has 0 spiro atoms. The molecular formula is C17H32N2O2. The molecule has 1 saturated carbocycles. The Labute approximate surface area is 129 Å². The largest absolute Gasteiger partial charge is 0.480 e. The van der Waals surface area contributed by atoms with Gasteiger partial charge in [-0.05, 0) is 71.0 Å². The van der Waals surface area contributed by atoms with E-state index in [1.165, 1.54) is 38.8 Å². The lowest BCUT2D eigenvalue weighted by Crippen LogP contribution is -2.51. The molecule has 0 bridgehead atoms. The molecule has 1 unspecified atom stereocenters. The Morgan fingerprint density at radius 2 is 1.95 bits per heavy atom. The molecule has 0 amide bonds. The first-order chi connectivity index (χ1) is 10.0. The quantitative estimate of drug-likeness (QED) is 0.687. The normalized spacial score (nSPS) is 23.9. The number of hydrogen-bond acceptors (Lipinski definition) is 3. The number of carboxylic acid groups (broad SMARTS) is 1. The SMILES string of the molecule is CCCC1CCN(CCCC(C)(NC2CC2)C(=O)O)CC1. The lowest BCUT2D eigenvalue weighted by Gasteiger charge is -2.33. The minimum absolute atomic E-state index is 0.441. The highest BCUT2D eigenvalue weighted by molar-refractivity contribution is 5.78. The summed E-state index contributed by atoms with van der Waals surface area (Å²) in [6.07, 6.45) is 9.29. The van der Waals surface area contributed by atoms with E-state index < -0.39 is 11.5 Å². The average Bonchev–Trinajstić information content (AvgIpc) is 3.25. The van der Waals surface area contributed by atoms with Crippen molar-refractivity contribution >= 4 is 5.97 Å². The molecule has 1 saturated heterocycles. The van der Waals surface area contributed by atoms with Gasteiger partial charge in [0.25, 0.3) is 0 Å². The number of piperidine rings is 1. The van der Waals surface area contributed by atoms with Gasteiger partial charge < -0.3 is 10.0 Å². The Morgan fingerprint density at radius 3 is 2.48 bits per heavy atom. The van der Waals surface area contributed by atoms with Crippen LogP contribution in [0.1, 0.15) is 65.2 Å². The molecule has 2 fully saturated rings. The molecule has 0 aromatic carbocycles. The Morgan fingerprint density at radius 1 is 1.29 bits per heavy atom. The van der Waals surface area contributed by atoms with E-state index in [2.05, 4.69) is 17.1 Å². The van der Waals surface area contributed by atoms with E-state index in [9.17, 15) is 9.90 Å². The highest BCUT2D eigenvalue weighted by Gasteiger charge is 2.38. The standard InChI is InChI=1S/C17H32N2O2/c1-3-5-14-8-12-19(13-9-14)11-4-10-17(2,16(20)21)18-15-6-7-15/h14-15,18H,3-13H2,1-2H3,(H,20,21). The van der Waals surface area contributed by atoms with E-state index in [0.717, 1.165) is 38.1 Å². The van der Waals surface area contributed by atoms with E-state index in [4.69, 9.17) is 0 Å². The summed E-state index contributed by atoms with van der Waals surface area (Å²) in [7, 11) is 0. The Bertz CT molecular complexity index is 336. The van der Waals surface area contributed by atoms with Crippen LogP contribution in [0.4, 0.5) is 0 Å². The Kier molecular flexibility index (Phi) is 6.06. The molecule has 1 aliphatic heterocycles. The van der Waals surface area contributed by atoms with Gasteiger partial charge in [0.1, 0.15) is 5.54 Å². The van der Waals surface area contributed by atoms with E-state index in [0.29, 0.717) is 6.04 Å². The van der Waals surface area contributed by atoms with Crippen LogP contribution in [0.5, 0.6) is 0 Å². The van der Waals surface area contributed by atoms with Crippen molar-refractivity contribution in [3.05, 3.63) is 0 Å². The van der Waals surface area contributed by atoms with E-state index in [1.54, 1.807) is 0 Å². The van der Waals surface area contributed by atoms with Crippen molar-refractivity contribution in [1.82, 2.24) is 10.2 Å². The van der Waals surface area contributed by atoms with Crippen molar-refractivity contribution in [2.45, 2.75) is 76.8 Å². The molecule has 0 radical (unpaired) electrons. The molecule has 2 rings (SSSR count). The molecule has 21 heavy (non-hydrogen) atoms. The summed E-state index contributed by atoms with van der Waals surface area (Å²) in [5.41, 5.74) is -0.734. The summed E-state index contributed by atoms with van der Waals surface area (Å²) in [5.74, 6) is 0.225. The summed E-state index contributed by atoms with van der Waals surface area (Å²) in [5, 5.41) is 12.8. The fourth-order valence-electron chi connectivity index (χ4n) is 3.48. The third-order valence-corrected chi connectivity index (χ3v) is 5.13. The predicted octanol–water partition coefficient (Wildman–Crippen LogP) is 2.87. The zero-order chi connectivity index (χ0) is 15.3. The zero-order valence-electron chi connectivity index (χ0n) is 13.7. The average molecular weight is 296 g/mol. The molecule has 1 aliphatic carbocycles.